The molecule has 0 fully saturated rings. The van der Waals surface area contributed by atoms with Gasteiger partial charge in [-0.3, -0.25) is 0 Å². The molecule has 0 bridgehead atoms. The molecule has 0 aliphatic heterocycles. The van der Waals surface area contributed by atoms with E-state index in [1.54, 1.807) is 6.07 Å². The highest BCUT2D eigenvalue weighted by molar-refractivity contribution is 9.10. The van der Waals surface area contributed by atoms with Crippen LogP contribution >= 0.6 is 15.9 Å². The molecule has 0 aliphatic carbocycles. The highest BCUT2D eigenvalue weighted by Gasteiger charge is 2.17. The molecule has 0 N–H and O–H groups in total. The number of hydrogen-bond acceptors (Lipinski definition) is 2. The van der Waals surface area contributed by atoms with E-state index in [1.807, 2.05) is 36.4 Å². The molecule has 2 aromatic heterocycles. The van der Waals surface area contributed by atoms with E-state index < -0.39 is 0 Å². The summed E-state index contributed by atoms with van der Waals surface area (Å²) in [5.74, 6) is 0. The number of para-hydroxylation sites is 2. The maximum atomic E-state index is 8.73. The van der Waals surface area contributed by atoms with Crippen molar-refractivity contribution in [1.82, 2.24) is 0 Å². The Morgan fingerprint density at radius 3 is 2.48 bits per heavy atom. The Labute approximate surface area is 171 Å². The molecule has 2 heterocycles. The van der Waals surface area contributed by atoms with Crippen LogP contribution in [0.25, 0.3) is 55.0 Å². The highest BCUT2D eigenvalue weighted by Crippen LogP contribution is 2.42. The zero-order chi connectivity index (χ0) is 23.2. The summed E-state index contributed by atoms with van der Waals surface area (Å²) in [7, 11) is 0. The Morgan fingerprint density at radius 2 is 1.52 bits per heavy atom. The van der Waals surface area contributed by atoms with Crippen molar-refractivity contribution in [3.63, 3.8) is 0 Å². The smallest absolute Gasteiger partial charge is 0.143 e. The molecule has 4 aromatic carbocycles. The number of furan rings is 2. The maximum Gasteiger partial charge on any atom is 0.143 e. The van der Waals surface area contributed by atoms with Crippen LogP contribution in [0.3, 0.4) is 0 Å². The fraction of sp³-hybridized carbons (Fsp3) is 0. The van der Waals surface area contributed by atoms with Gasteiger partial charge in [0.1, 0.15) is 22.3 Å². The van der Waals surface area contributed by atoms with Crippen LogP contribution in [0.1, 0.15) is 8.22 Å². The van der Waals surface area contributed by atoms with Crippen LogP contribution in [0.15, 0.2) is 92.0 Å². The van der Waals surface area contributed by atoms with Gasteiger partial charge in [0.25, 0.3) is 0 Å². The second-order valence-electron chi connectivity index (χ2n) is 6.23. The fourth-order valence-electron chi connectivity index (χ4n) is 3.61. The highest BCUT2D eigenvalue weighted by atomic mass is 79.9. The molecule has 6 aromatic rings. The van der Waals surface area contributed by atoms with Gasteiger partial charge in [0.05, 0.1) is 8.22 Å². The number of rotatable bonds is 1. The van der Waals surface area contributed by atoms with Crippen molar-refractivity contribution in [1.29, 1.82) is 0 Å². The Hall–Kier alpha value is -3.04. The fourth-order valence-corrected chi connectivity index (χ4v) is 4.09. The van der Waals surface area contributed by atoms with Crippen molar-refractivity contribution in [2.75, 3.05) is 0 Å². The van der Waals surface area contributed by atoms with Crippen molar-refractivity contribution < 1.29 is 17.1 Å². The van der Waals surface area contributed by atoms with Crippen LogP contribution in [-0.2, 0) is 0 Å². The quantitative estimate of drug-likeness (QED) is 0.271. The number of hydrogen-bond donors (Lipinski definition) is 0. The first-order valence-corrected chi connectivity index (χ1v) is 9.12. The van der Waals surface area contributed by atoms with E-state index in [2.05, 4.69) is 15.9 Å². The van der Waals surface area contributed by atoms with E-state index >= 15 is 0 Å². The number of halogens is 1. The summed E-state index contributed by atoms with van der Waals surface area (Å²) in [5.41, 5.74) is 2.44. The molecule has 0 atom stereocenters. The van der Waals surface area contributed by atoms with Crippen LogP contribution in [0.4, 0.5) is 0 Å². The molecule has 128 valence electrons. The van der Waals surface area contributed by atoms with Gasteiger partial charge in [-0.25, -0.2) is 0 Å². The van der Waals surface area contributed by atoms with Crippen LogP contribution in [0.5, 0.6) is 0 Å². The Balaban J connectivity index is 1.88. The second-order valence-corrected chi connectivity index (χ2v) is 7.02. The molecule has 27 heavy (non-hydrogen) atoms. The first kappa shape index (κ1) is 10.3. The topological polar surface area (TPSA) is 26.3 Å². The molecular weight excluding hydrogens is 400 g/mol. The van der Waals surface area contributed by atoms with Gasteiger partial charge >= 0.3 is 0 Å². The van der Waals surface area contributed by atoms with Gasteiger partial charge in [-0.1, -0.05) is 70.4 Å². The van der Waals surface area contributed by atoms with Gasteiger partial charge in [0.15, 0.2) is 0 Å². The van der Waals surface area contributed by atoms with Crippen molar-refractivity contribution in [2.24, 2.45) is 0 Å². The van der Waals surface area contributed by atoms with Gasteiger partial charge < -0.3 is 8.83 Å². The molecule has 0 aliphatic rings. The minimum atomic E-state index is -0.304. The molecule has 0 unspecified atom stereocenters. The summed E-state index contributed by atoms with van der Waals surface area (Å²) in [6.45, 7) is 0. The third-order valence-corrected chi connectivity index (χ3v) is 5.34. The molecule has 0 saturated carbocycles. The van der Waals surface area contributed by atoms with Crippen molar-refractivity contribution >= 4 is 59.8 Å². The first-order valence-electron chi connectivity index (χ1n) is 11.3. The lowest BCUT2D eigenvalue weighted by Crippen LogP contribution is -1.80. The molecule has 3 heteroatoms. The summed E-state index contributed by atoms with van der Waals surface area (Å²) in [5, 5.41) is 2.13. The molecule has 0 spiro atoms. The van der Waals surface area contributed by atoms with E-state index in [-0.39, 0.29) is 57.3 Å². The van der Waals surface area contributed by atoms with Crippen molar-refractivity contribution in [3.05, 3.63) is 83.2 Å². The predicted octanol–water partition coefficient (Wildman–Crippen LogP) is 7.91. The van der Waals surface area contributed by atoms with Crippen LogP contribution in [0, 0.1) is 0 Å². The van der Waals surface area contributed by atoms with E-state index in [0.717, 1.165) is 10.8 Å². The zero-order valence-electron chi connectivity index (χ0n) is 19.7. The average molecular weight is 419 g/mol. The Kier molecular flexibility index (Phi) is 2.10. The summed E-state index contributed by atoms with van der Waals surface area (Å²) in [6.07, 6.45) is 0. The molecule has 0 saturated heterocycles. The summed E-state index contributed by atoms with van der Waals surface area (Å²) in [6, 6.07) is 11.5. The number of fused-ring (bicyclic) bond motifs is 6. The Morgan fingerprint density at radius 1 is 0.667 bits per heavy atom. The minimum absolute atomic E-state index is 0.0434. The lowest BCUT2D eigenvalue weighted by Gasteiger charge is -2.05. The number of benzene rings is 4. The first-order chi connectivity index (χ1) is 15.8. The normalized spacial score (nSPS) is 15.0. The SMILES string of the molecule is [2H]c1c([2H])c(Br)c2c(oc3c(-c4cccc5oc6ccccc6c45)c([2H])c([2H])c([2H])c32)c1[2H]. The molecular formula is C24H13BrO2. The second kappa shape index (κ2) is 5.48. The maximum absolute atomic E-state index is 8.73. The van der Waals surface area contributed by atoms with Crippen molar-refractivity contribution in [2.45, 2.75) is 0 Å². The standard InChI is InChI=1S/C24H13BrO2/c25-18-10-5-13-21-23(18)17-9-3-8-15(24(17)27-21)14-7-4-12-20-22(14)16-6-1-2-11-19(16)26-20/h1-13H/i3D,5D,8D,9D,10D,13D. The largest absolute Gasteiger partial charge is 0.456 e. The summed E-state index contributed by atoms with van der Waals surface area (Å²) >= 11 is 3.33. The van der Waals surface area contributed by atoms with Gasteiger partial charge in [-0.15, -0.1) is 0 Å². The van der Waals surface area contributed by atoms with E-state index in [4.69, 9.17) is 17.1 Å². The van der Waals surface area contributed by atoms with E-state index in [9.17, 15) is 0 Å². The molecule has 0 amide bonds. The van der Waals surface area contributed by atoms with Gasteiger partial charge in [0, 0.05) is 31.6 Å². The van der Waals surface area contributed by atoms with E-state index in [1.165, 1.54) is 0 Å². The van der Waals surface area contributed by atoms with Gasteiger partial charge in [-0.2, -0.15) is 0 Å². The van der Waals surface area contributed by atoms with Crippen molar-refractivity contribution in [3.8, 4) is 11.1 Å². The monoisotopic (exact) mass is 418 g/mol. The van der Waals surface area contributed by atoms with Crippen LogP contribution < -0.4 is 0 Å². The van der Waals surface area contributed by atoms with Gasteiger partial charge in [-0.05, 0) is 29.8 Å². The summed E-state index contributed by atoms with van der Waals surface area (Å²) in [4.78, 5) is 0. The van der Waals surface area contributed by atoms with E-state index in [0.29, 0.717) is 27.7 Å². The molecule has 6 rings (SSSR count). The predicted molar refractivity (Wildman–Crippen MR) is 114 cm³/mol. The lowest BCUT2D eigenvalue weighted by molar-refractivity contribution is 0.668. The molecule has 2 nitrogen and oxygen atoms in total. The zero-order valence-corrected chi connectivity index (χ0v) is 15.3. The minimum Gasteiger partial charge on any atom is -0.456 e. The average Bonchev–Trinajstić information content (AvgIpc) is 3.39. The third kappa shape index (κ3) is 2.06. The Bertz CT molecular complexity index is 1800. The third-order valence-electron chi connectivity index (χ3n) is 4.75. The molecule has 0 radical (unpaired) electrons. The summed E-state index contributed by atoms with van der Waals surface area (Å²) < 4.78 is 62.7. The van der Waals surface area contributed by atoms with Gasteiger partial charge in [0.2, 0.25) is 0 Å². The van der Waals surface area contributed by atoms with Crippen LogP contribution in [-0.4, -0.2) is 0 Å². The lowest BCUT2D eigenvalue weighted by atomic mass is 9.97. The van der Waals surface area contributed by atoms with Crippen LogP contribution in [0.2, 0.25) is 0 Å².